The molecule has 0 saturated heterocycles. The third-order valence-corrected chi connectivity index (χ3v) is 3.41. The van der Waals surface area contributed by atoms with Crippen molar-refractivity contribution in [1.82, 2.24) is 0 Å². The topological polar surface area (TPSA) is 49.5 Å². The van der Waals surface area contributed by atoms with E-state index >= 15 is 0 Å². The molecule has 0 fully saturated rings. The van der Waals surface area contributed by atoms with Gasteiger partial charge in [0.2, 0.25) is 0 Å². The molecule has 0 saturated carbocycles. The minimum absolute atomic E-state index is 0.454. The van der Waals surface area contributed by atoms with Crippen LogP contribution in [0.5, 0.6) is 0 Å². The molecular weight excluding hydrogens is 200 g/mol. The second kappa shape index (κ2) is 3.98. The Morgan fingerprint density at radius 3 is 2.62 bits per heavy atom. The van der Waals surface area contributed by atoms with Crippen LogP contribution in [0.4, 0.5) is 11.4 Å². The largest absolute Gasteiger partial charge is 0.399 e. The van der Waals surface area contributed by atoms with Gasteiger partial charge in [0.15, 0.2) is 0 Å². The van der Waals surface area contributed by atoms with Gasteiger partial charge in [-0.2, -0.15) is 0 Å². The number of nitrogens with two attached hydrogens (primary N) is 1. The molecule has 1 heterocycles. The lowest BCUT2D eigenvalue weighted by Crippen LogP contribution is -2.32. The highest BCUT2D eigenvalue weighted by molar-refractivity contribution is 5.66. The number of hydrogen-bond donors (Lipinski definition) is 2. The van der Waals surface area contributed by atoms with Gasteiger partial charge in [-0.1, -0.05) is 19.9 Å². The first-order valence-corrected chi connectivity index (χ1v) is 5.85. The highest BCUT2D eigenvalue weighted by Gasteiger charge is 2.32. The Bertz CT molecular complexity index is 388. The smallest absolute Gasteiger partial charge is 0.124 e. The Balaban J connectivity index is 2.44. The third-order valence-electron chi connectivity index (χ3n) is 3.41. The Morgan fingerprint density at radius 2 is 2.06 bits per heavy atom. The van der Waals surface area contributed by atoms with Crippen LogP contribution in [-0.2, 0) is 0 Å². The lowest BCUT2D eigenvalue weighted by Gasteiger charge is -2.23. The van der Waals surface area contributed by atoms with Gasteiger partial charge in [0.1, 0.15) is 6.23 Å². The van der Waals surface area contributed by atoms with Crippen molar-refractivity contribution in [2.24, 2.45) is 5.92 Å². The van der Waals surface area contributed by atoms with Gasteiger partial charge in [0.25, 0.3) is 0 Å². The van der Waals surface area contributed by atoms with Crippen molar-refractivity contribution in [2.45, 2.75) is 32.9 Å². The van der Waals surface area contributed by atoms with Crippen LogP contribution in [0.1, 0.15) is 32.3 Å². The highest BCUT2D eigenvalue weighted by Crippen LogP contribution is 2.41. The normalized spacial score (nSPS) is 21.3. The molecule has 0 spiro atoms. The van der Waals surface area contributed by atoms with Crippen LogP contribution in [0.2, 0.25) is 0 Å². The summed E-state index contributed by atoms with van der Waals surface area (Å²) in [6, 6.07) is 6.00. The Morgan fingerprint density at radius 1 is 1.38 bits per heavy atom. The number of anilines is 2. The average molecular weight is 220 g/mol. The van der Waals surface area contributed by atoms with E-state index in [1.807, 2.05) is 17.0 Å². The van der Waals surface area contributed by atoms with Gasteiger partial charge < -0.3 is 15.7 Å². The number of nitrogens with zero attached hydrogens (tertiary/aromatic N) is 1. The van der Waals surface area contributed by atoms with Gasteiger partial charge in [-0.3, -0.25) is 0 Å². The first kappa shape index (κ1) is 11.3. The fourth-order valence-corrected chi connectivity index (χ4v) is 2.46. The molecule has 3 heteroatoms. The summed E-state index contributed by atoms with van der Waals surface area (Å²) < 4.78 is 0. The van der Waals surface area contributed by atoms with Gasteiger partial charge in [-0.25, -0.2) is 0 Å². The quantitative estimate of drug-likeness (QED) is 0.751. The fourth-order valence-electron chi connectivity index (χ4n) is 2.46. The number of nitrogen functional groups attached to an aromatic ring is 1. The van der Waals surface area contributed by atoms with E-state index in [4.69, 9.17) is 5.73 Å². The molecule has 0 radical (unpaired) electrons. The van der Waals surface area contributed by atoms with Gasteiger partial charge in [0.05, 0.1) is 0 Å². The summed E-state index contributed by atoms with van der Waals surface area (Å²) in [6.45, 7) is 7.12. The number of fused-ring (bicyclic) bond motifs is 1. The van der Waals surface area contributed by atoms with E-state index in [1.54, 1.807) is 6.92 Å². The van der Waals surface area contributed by atoms with Crippen LogP contribution in [0.15, 0.2) is 18.2 Å². The van der Waals surface area contributed by atoms with E-state index in [9.17, 15) is 5.11 Å². The summed E-state index contributed by atoms with van der Waals surface area (Å²) in [5.41, 5.74) is 8.97. The maximum atomic E-state index is 9.77. The summed E-state index contributed by atoms with van der Waals surface area (Å²) in [6.07, 6.45) is -0.454. The van der Waals surface area contributed by atoms with E-state index in [1.165, 1.54) is 5.56 Å². The first-order valence-electron chi connectivity index (χ1n) is 5.85. The molecule has 1 aliphatic rings. The third kappa shape index (κ3) is 1.76. The second-order valence-electron chi connectivity index (χ2n) is 4.95. The number of aliphatic hydroxyl groups excluding tert-OH is 1. The van der Waals surface area contributed by atoms with Crippen LogP contribution in [0.25, 0.3) is 0 Å². The van der Waals surface area contributed by atoms with Crippen LogP contribution in [0, 0.1) is 5.92 Å². The molecule has 2 unspecified atom stereocenters. The molecule has 3 nitrogen and oxygen atoms in total. The maximum Gasteiger partial charge on any atom is 0.124 e. The van der Waals surface area contributed by atoms with E-state index < -0.39 is 6.23 Å². The maximum absolute atomic E-state index is 9.77. The van der Waals surface area contributed by atoms with E-state index in [-0.39, 0.29) is 0 Å². The van der Waals surface area contributed by atoms with Crippen molar-refractivity contribution in [3.63, 3.8) is 0 Å². The molecule has 0 amide bonds. The Hall–Kier alpha value is -1.22. The number of benzene rings is 1. The SMILES string of the molecule is CC(C)C1CN(C(C)O)c2cc(N)ccc21. The van der Waals surface area contributed by atoms with Gasteiger partial charge in [-0.05, 0) is 30.5 Å². The molecule has 1 aromatic carbocycles. The minimum atomic E-state index is -0.454. The minimum Gasteiger partial charge on any atom is -0.399 e. The van der Waals surface area contributed by atoms with Crippen LogP contribution in [-0.4, -0.2) is 17.9 Å². The van der Waals surface area contributed by atoms with Crippen molar-refractivity contribution in [2.75, 3.05) is 17.2 Å². The van der Waals surface area contributed by atoms with Crippen molar-refractivity contribution in [3.05, 3.63) is 23.8 Å². The Labute approximate surface area is 96.9 Å². The predicted molar refractivity (Wildman–Crippen MR) is 67.5 cm³/mol. The summed E-state index contributed by atoms with van der Waals surface area (Å²) in [4.78, 5) is 2.02. The molecule has 1 aliphatic heterocycles. The molecular formula is C13H20N2O. The predicted octanol–water partition coefficient (Wildman–Crippen LogP) is 2.17. The molecule has 88 valence electrons. The van der Waals surface area contributed by atoms with E-state index in [2.05, 4.69) is 19.9 Å². The zero-order valence-electron chi connectivity index (χ0n) is 10.1. The molecule has 0 bridgehead atoms. The molecule has 0 aliphatic carbocycles. The average Bonchev–Trinajstić information content (AvgIpc) is 2.56. The summed E-state index contributed by atoms with van der Waals surface area (Å²) in [7, 11) is 0. The summed E-state index contributed by atoms with van der Waals surface area (Å²) in [5.74, 6) is 1.07. The monoisotopic (exact) mass is 220 g/mol. The Kier molecular flexibility index (Phi) is 2.80. The molecule has 2 atom stereocenters. The molecule has 1 aromatic rings. The van der Waals surface area contributed by atoms with E-state index in [0.29, 0.717) is 11.8 Å². The summed E-state index contributed by atoms with van der Waals surface area (Å²) in [5, 5.41) is 9.77. The highest BCUT2D eigenvalue weighted by atomic mass is 16.3. The fraction of sp³-hybridized carbons (Fsp3) is 0.538. The number of aliphatic hydroxyl groups is 1. The van der Waals surface area contributed by atoms with Crippen molar-refractivity contribution < 1.29 is 5.11 Å². The lowest BCUT2D eigenvalue weighted by atomic mass is 9.90. The lowest BCUT2D eigenvalue weighted by molar-refractivity contribution is 0.188. The number of rotatable bonds is 2. The standard InChI is InChI=1S/C13H20N2O/c1-8(2)12-7-15(9(3)16)13-6-10(14)4-5-11(12)13/h4-6,8-9,12,16H,7,14H2,1-3H3. The van der Waals surface area contributed by atoms with Crippen LogP contribution >= 0.6 is 0 Å². The second-order valence-corrected chi connectivity index (χ2v) is 4.95. The van der Waals surface area contributed by atoms with Crippen molar-refractivity contribution >= 4 is 11.4 Å². The van der Waals surface area contributed by atoms with Crippen molar-refractivity contribution in [3.8, 4) is 0 Å². The van der Waals surface area contributed by atoms with E-state index in [0.717, 1.165) is 17.9 Å². The number of hydrogen-bond acceptors (Lipinski definition) is 3. The van der Waals surface area contributed by atoms with Crippen LogP contribution in [0.3, 0.4) is 0 Å². The van der Waals surface area contributed by atoms with Gasteiger partial charge in [0, 0.05) is 23.8 Å². The van der Waals surface area contributed by atoms with Gasteiger partial charge >= 0.3 is 0 Å². The molecule has 0 aromatic heterocycles. The molecule has 2 rings (SSSR count). The molecule has 3 N–H and O–H groups in total. The van der Waals surface area contributed by atoms with Crippen molar-refractivity contribution in [1.29, 1.82) is 0 Å². The van der Waals surface area contributed by atoms with Crippen LogP contribution < -0.4 is 10.6 Å². The molecule has 16 heavy (non-hydrogen) atoms. The zero-order chi connectivity index (χ0) is 11.9. The summed E-state index contributed by atoms with van der Waals surface area (Å²) >= 11 is 0. The van der Waals surface area contributed by atoms with Gasteiger partial charge in [-0.15, -0.1) is 0 Å². The zero-order valence-corrected chi connectivity index (χ0v) is 10.1. The first-order chi connectivity index (χ1) is 7.50.